The molecule has 6 rings (SSSR count). The summed E-state index contributed by atoms with van der Waals surface area (Å²) in [5.41, 5.74) is 1.17. The fourth-order valence-corrected chi connectivity index (χ4v) is 8.01. The van der Waals surface area contributed by atoms with Crippen molar-refractivity contribution >= 4 is 63.3 Å². The minimum Gasteiger partial charge on any atom is -0.490 e. The average Bonchev–Trinajstić information content (AvgIpc) is 3.23. The SMILES string of the molecule is O=C1C[C@@H](C2C=CC=C(Cl)C2)[C@]2(C(=O)Nc3cc(Cl)ccc32)C(c2cc(I)ccc2OC2CCN(CCO)CC2)N1. The van der Waals surface area contributed by atoms with Gasteiger partial charge in [-0.1, -0.05) is 41.4 Å². The van der Waals surface area contributed by atoms with Crippen LogP contribution in [-0.2, 0) is 15.0 Å². The summed E-state index contributed by atoms with van der Waals surface area (Å²) in [5.74, 6) is -0.0667. The number of likely N-dealkylation sites (tertiary alicyclic amines) is 1. The van der Waals surface area contributed by atoms with Crippen LogP contribution < -0.4 is 15.4 Å². The minimum atomic E-state index is -1.11. The fraction of sp³-hybridized carbons (Fsp3) is 0.419. The molecule has 2 fully saturated rings. The quantitative estimate of drug-likeness (QED) is 0.343. The van der Waals surface area contributed by atoms with Crippen LogP contribution in [0, 0.1) is 15.4 Å². The number of carbonyl (C=O) groups excluding carboxylic acids is 2. The molecule has 2 aromatic rings. The number of piperidine rings is 2. The second-order valence-corrected chi connectivity index (χ2v) is 13.4. The largest absolute Gasteiger partial charge is 0.490 e. The zero-order valence-electron chi connectivity index (χ0n) is 22.4. The van der Waals surface area contributed by atoms with Crippen molar-refractivity contribution in [2.75, 3.05) is 31.6 Å². The van der Waals surface area contributed by atoms with Crippen molar-refractivity contribution in [1.82, 2.24) is 10.2 Å². The highest BCUT2D eigenvalue weighted by Gasteiger charge is 2.62. The Kier molecular flexibility index (Phi) is 8.40. The molecule has 0 saturated carbocycles. The van der Waals surface area contributed by atoms with Crippen molar-refractivity contribution in [3.05, 3.63) is 79.4 Å². The van der Waals surface area contributed by atoms with Crippen LogP contribution in [0.3, 0.4) is 0 Å². The molecule has 2 aromatic carbocycles. The van der Waals surface area contributed by atoms with Gasteiger partial charge in [-0.15, -0.1) is 0 Å². The van der Waals surface area contributed by atoms with E-state index in [9.17, 15) is 14.7 Å². The Balaban J connectivity index is 1.46. The molecular formula is C31H32Cl2IN3O4. The Morgan fingerprint density at radius 2 is 1.90 bits per heavy atom. The van der Waals surface area contributed by atoms with E-state index >= 15 is 0 Å². The third-order valence-corrected chi connectivity index (χ3v) is 10.1. The molecule has 216 valence electrons. The van der Waals surface area contributed by atoms with Gasteiger partial charge < -0.3 is 25.4 Å². The number of aliphatic hydroxyl groups is 1. The van der Waals surface area contributed by atoms with Crippen molar-refractivity contribution in [3.63, 3.8) is 0 Å². The van der Waals surface area contributed by atoms with Crippen LogP contribution in [-0.4, -0.2) is 54.2 Å². The van der Waals surface area contributed by atoms with Gasteiger partial charge in [0.2, 0.25) is 11.8 Å². The van der Waals surface area contributed by atoms with Crippen molar-refractivity contribution in [2.24, 2.45) is 11.8 Å². The van der Waals surface area contributed by atoms with Crippen LogP contribution in [0.5, 0.6) is 5.75 Å². The topological polar surface area (TPSA) is 90.9 Å². The normalized spacial score (nSPS) is 28.3. The maximum atomic E-state index is 14.4. The van der Waals surface area contributed by atoms with E-state index in [0.717, 1.165) is 40.6 Å². The molecule has 0 bridgehead atoms. The van der Waals surface area contributed by atoms with Gasteiger partial charge in [0.25, 0.3) is 0 Å². The summed E-state index contributed by atoms with van der Waals surface area (Å²) in [6, 6.07) is 10.8. The number of nitrogens with one attached hydrogen (secondary N) is 2. The van der Waals surface area contributed by atoms with Crippen molar-refractivity contribution in [3.8, 4) is 5.75 Å². The van der Waals surface area contributed by atoms with Crippen molar-refractivity contribution < 1.29 is 19.4 Å². The van der Waals surface area contributed by atoms with Gasteiger partial charge in [-0.2, -0.15) is 0 Å². The van der Waals surface area contributed by atoms with Gasteiger partial charge in [0.15, 0.2) is 0 Å². The van der Waals surface area contributed by atoms with Crippen molar-refractivity contribution in [1.29, 1.82) is 0 Å². The molecule has 41 heavy (non-hydrogen) atoms. The summed E-state index contributed by atoms with van der Waals surface area (Å²) < 4.78 is 7.64. The number of fused-ring (bicyclic) bond motifs is 2. The minimum absolute atomic E-state index is 0.0106. The van der Waals surface area contributed by atoms with Crippen LogP contribution in [0.1, 0.15) is 42.9 Å². The van der Waals surface area contributed by atoms with E-state index in [2.05, 4.69) is 44.2 Å². The van der Waals surface area contributed by atoms with E-state index in [1.54, 1.807) is 6.07 Å². The van der Waals surface area contributed by atoms with E-state index in [4.69, 9.17) is 27.9 Å². The molecule has 2 saturated heterocycles. The highest BCUT2D eigenvalue weighted by Crippen LogP contribution is 2.58. The van der Waals surface area contributed by atoms with Gasteiger partial charge in [0, 0.05) is 50.9 Å². The molecule has 1 aliphatic carbocycles. The molecule has 0 radical (unpaired) electrons. The number of ether oxygens (including phenoxy) is 1. The van der Waals surface area contributed by atoms with Gasteiger partial charge in [-0.05, 0) is 95.7 Å². The van der Waals surface area contributed by atoms with E-state index < -0.39 is 11.5 Å². The van der Waals surface area contributed by atoms with E-state index in [0.29, 0.717) is 34.5 Å². The molecule has 2 amide bonds. The van der Waals surface area contributed by atoms with E-state index in [-0.39, 0.29) is 42.8 Å². The number of anilines is 1. The molecule has 0 aromatic heterocycles. The van der Waals surface area contributed by atoms with Crippen molar-refractivity contribution in [2.45, 2.75) is 43.2 Å². The summed E-state index contributed by atoms with van der Waals surface area (Å²) in [7, 11) is 0. The molecule has 4 aliphatic rings. The molecule has 1 spiro atoms. The number of hydrogen-bond acceptors (Lipinski definition) is 5. The monoisotopic (exact) mass is 707 g/mol. The van der Waals surface area contributed by atoms with Crippen LogP contribution in [0.25, 0.3) is 0 Å². The molecule has 2 unspecified atom stereocenters. The Labute approximate surface area is 263 Å². The predicted octanol–water partition coefficient (Wildman–Crippen LogP) is 5.55. The van der Waals surface area contributed by atoms with Crippen LogP contribution in [0.2, 0.25) is 5.02 Å². The van der Waals surface area contributed by atoms with Crippen LogP contribution in [0.15, 0.2) is 59.7 Å². The summed E-state index contributed by atoms with van der Waals surface area (Å²) in [4.78, 5) is 30.1. The number of hydrogen-bond donors (Lipinski definition) is 3. The number of β-amino-alcohol motifs (C(OH)–C–C–N with tert-alkyl or cyclic N) is 1. The van der Waals surface area contributed by atoms with Crippen LogP contribution >= 0.6 is 45.8 Å². The Morgan fingerprint density at radius 3 is 2.66 bits per heavy atom. The molecule has 3 heterocycles. The molecule has 3 aliphatic heterocycles. The lowest BCUT2D eigenvalue weighted by molar-refractivity contribution is -0.135. The zero-order valence-corrected chi connectivity index (χ0v) is 26.1. The number of nitrogens with zero attached hydrogens (tertiary/aromatic N) is 1. The predicted molar refractivity (Wildman–Crippen MR) is 168 cm³/mol. The number of allylic oxidation sites excluding steroid dienone is 4. The van der Waals surface area contributed by atoms with E-state index in [1.807, 2.05) is 42.5 Å². The van der Waals surface area contributed by atoms with Gasteiger partial charge in [0.05, 0.1) is 12.6 Å². The molecule has 4 atom stereocenters. The maximum absolute atomic E-state index is 14.4. The first-order chi connectivity index (χ1) is 19.8. The smallest absolute Gasteiger partial charge is 0.237 e. The number of amides is 2. The number of rotatable bonds is 6. The average molecular weight is 708 g/mol. The summed E-state index contributed by atoms with van der Waals surface area (Å²) >= 11 is 15.1. The summed E-state index contributed by atoms with van der Waals surface area (Å²) in [6.45, 7) is 2.49. The van der Waals surface area contributed by atoms with Gasteiger partial charge in [-0.3, -0.25) is 9.59 Å². The second kappa shape index (κ2) is 11.9. The third-order valence-electron chi connectivity index (χ3n) is 8.91. The molecule has 10 heteroatoms. The summed E-state index contributed by atoms with van der Waals surface area (Å²) in [5, 5.41) is 16.9. The Hall–Kier alpha value is -2.11. The third kappa shape index (κ3) is 5.42. The highest BCUT2D eigenvalue weighted by atomic mass is 127. The number of aliphatic hydroxyl groups excluding tert-OH is 1. The van der Waals surface area contributed by atoms with Gasteiger partial charge >= 0.3 is 0 Å². The van der Waals surface area contributed by atoms with Gasteiger partial charge in [-0.25, -0.2) is 0 Å². The lowest BCUT2D eigenvalue weighted by Gasteiger charge is -2.49. The maximum Gasteiger partial charge on any atom is 0.237 e. The molecule has 3 N–H and O–H groups in total. The Morgan fingerprint density at radius 1 is 1.10 bits per heavy atom. The standard InChI is InChI=1S/C31H32Cl2IN3O4/c32-19-3-1-2-18(14-19)25-17-28(39)36-29(31(25)24-6-4-20(33)15-26(24)35-30(31)40)23-16-21(34)5-7-27(23)41-22-8-10-37(11-9-22)12-13-38/h1-7,15-16,18,22,25,29,38H,8-14,17H2,(H,35,40)(H,36,39)/t18?,25-,29?,31-/m0/s1. The second-order valence-electron chi connectivity index (χ2n) is 11.3. The lowest BCUT2D eigenvalue weighted by atomic mass is 9.57. The van der Waals surface area contributed by atoms with E-state index in [1.165, 1.54) is 0 Å². The zero-order chi connectivity index (χ0) is 28.7. The summed E-state index contributed by atoms with van der Waals surface area (Å²) in [6.07, 6.45) is 8.25. The molecular weight excluding hydrogens is 676 g/mol. The first-order valence-corrected chi connectivity index (χ1v) is 15.9. The fourth-order valence-electron chi connectivity index (χ4n) is 7.07. The highest BCUT2D eigenvalue weighted by molar-refractivity contribution is 14.1. The lowest BCUT2D eigenvalue weighted by Crippen LogP contribution is -2.59. The van der Waals surface area contributed by atoms with Crippen LogP contribution in [0.4, 0.5) is 5.69 Å². The number of carbonyl (C=O) groups is 2. The number of halogens is 3. The number of benzene rings is 2. The van der Waals surface area contributed by atoms with Gasteiger partial charge in [0.1, 0.15) is 17.3 Å². The first-order valence-electron chi connectivity index (χ1n) is 14.0. The molecule has 7 nitrogen and oxygen atoms in total. The Bertz CT molecular complexity index is 1420. The first kappa shape index (κ1) is 29.0.